The first-order valence-electron chi connectivity index (χ1n) is 16.5. The van der Waals surface area contributed by atoms with Gasteiger partial charge in [-0.25, -0.2) is 0 Å². The number of rotatable bonds is 7. The van der Waals surface area contributed by atoms with Crippen LogP contribution in [0.15, 0.2) is 183 Å². The maximum atomic E-state index is 2.25. The summed E-state index contributed by atoms with van der Waals surface area (Å²) in [6.07, 6.45) is 9.00. The van der Waals surface area contributed by atoms with Gasteiger partial charge < -0.3 is 9.13 Å². The van der Waals surface area contributed by atoms with Crippen molar-refractivity contribution in [2.45, 2.75) is 13.8 Å². The van der Waals surface area contributed by atoms with Crippen LogP contribution < -0.4 is 0 Å². The number of aromatic nitrogens is 2. The van der Waals surface area contributed by atoms with E-state index in [0.717, 1.165) is 11.4 Å². The van der Waals surface area contributed by atoms with Gasteiger partial charge in [0.25, 0.3) is 0 Å². The summed E-state index contributed by atoms with van der Waals surface area (Å²) in [5.41, 5.74) is 16.9. The largest absolute Gasteiger partial charge is 0.323 e. The second kappa shape index (κ2) is 12.6. The average Bonchev–Trinajstić information content (AvgIpc) is 3.80. The summed E-state index contributed by atoms with van der Waals surface area (Å²) in [6, 6.07) is 56.7. The van der Waals surface area contributed by atoms with Crippen molar-refractivity contribution in [3.05, 3.63) is 194 Å². The van der Waals surface area contributed by atoms with Crippen molar-refractivity contribution in [3.8, 4) is 67.0 Å². The van der Waals surface area contributed by atoms with Crippen LogP contribution in [-0.4, -0.2) is 9.13 Å². The minimum Gasteiger partial charge on any atom is -0.323 e. The molecule has 0 saturated carbocycles. The van der Waals surface area contributed by atoms with Gasteiger partial charge in [-0.1, -0.05) is 145 Å². The van der Waals surface area contributed by atoms with E-state index in [-0.39, 0.29) is 0 Å². The normalized spacial score (nSPS) is 11.1. The zero-order chi connectivity index (χ0) is 32.5. The first-order valence-corrected chi connectivity index (χ1v) is 16.5. The van der Waals surface area contributed by atoms with E-state index >= 15 is 0 Å². The maximum Gasteiger partial charge on any atom is 0.0450 e. The molecule has 0 aliphatic heterocycles. The van der Waals surface area contributed by atoms with Crippen molar-refractivity contribution in [1.29, 1.82) is 0 Å². The van der Waals surface area contributed by atoms with Gasteiger partial charge in [0.2, 0.25) is 0 Å². The summed E-state index contributed by atoms with van der Waals surface area (Å²) in [5, 5.41) is 0. The van der Waals surface area contributed by atoms with Crippen molar-refractivity contribution in [1.82, 2.24) is 9.13 Å². The quantitative estimate of drug-likeness (QED) is 0.169. The molecular formula is C46H36N2. The van der Waals surface area contributed by atoms with Crippen LogP contribution in [0.25, 0.3) is 67.0 Å². The Bertz CT molecular complexity index is 2120. The molecule has 0 atom stereocenters. The van der Waals surface area contributed by atoms with Gasteiger partial charge in [0.05, 0.1) is 0 Å². The lowest BCUT2D eigenvalue weighted by atomic mass is 9.95. The molecule has 0 N–H and O–H groups in total. The smallest absolute Gasteiger partial charge is 0.0450 e. The third-order valence-electron chi connectivity index (χ3n) is 9.21. The van der Waals surface area contributed by atoms with Crippen molar-refractivity contribution in [3.63, 3.8) is 0 Å². The molecule has 0 radical (unpaired) electrons. The Balaban J connectivity index is 1.12. The summed E-state index contributed by atoms with van der Waals surface area (Å²) in [4.78, 5) is 0. The lowest BCUT2D eigenvalue weighted by molar-refractivity contribution is 1.08. The minimum absolute atomic E-state index is 1.16. The van der Waals surface area contributed by atoms with Crippen LogP contribution in [0.3, 0.4) is 0 Å². The van der Waals surface area contributed by atoms with Gasteiger partial charge in [-0.2, -0.15) is 0 Å². The zero-order valence-electron chi connectivity index (χ0n) is 27.2. The number of nitrogens with zero attached hydrogens (tertiary/aromatic N) is 2. The molecule has 6 aromatic carbocycles. The molecule has 8 rings (SSSR count). The summed E-state index contributed by atoms with van der Waals surface area (Å²) in [7, 11) is 0. The van der Waals surface area contributed by atoms with Crippen LogP contribution >= 0.6 is 0 Å². The molecular weight excluding hydrogens is 581 g/mol. The second-order valence-corrected chi connectivity index (χ2v) is 12.5. The average molecular weight is 617 g/mol. The van der Waals surface area contributed by atoms with Gasteiger partial charge in [0.15, 0.2) is 0 Å². The SMILES string of the molecule is Cc1ccc(-n2cc(-c3ccccc3)c(-c3ccc(-c4ccc(-c5cn(-c6ccc(C)cc6)cc5-c5ccccc5)cc4)cc3)c2)cc1. The molecule has 0 bridgehead atoms. The molecule has 0 fully saturated rings. The van der Waals surface area contributed by atoms with E-state index in [1.54, 1.807) is 0 Å². The fourth-order valence-electron chi connectivity index (χ4n) is 6.48. The molecule has 2 heterocycles. The van der Waals surface area contributed by atoms with Gasteiger partial charge in [-0.15, -0.1) is 0 Å². The molecule has 8 aromatic rings. The third-order valence-corrected chi connectivity index (χ3v) is 9.21. The lowest BCUT2D eigenvalue weighted by Crippen LogP contribution is -1.89. The van der Waals surface area contributed by atoms with E-state index in [1.165, 1.54) is 66.8 Å². The predicted molar refractivity (Wildman–Crippen MR) is 202 cm³/mol. The standard InChI is InChI=1S/C46H36N2/c1-33-13-25-41(26-14-33)47-29-43(37-9-5-3-6-10-37)45(31-47)39-21-17-35(18-22-39)36-19-23-40(24-20-36)46-32-48(42-27-15-34(2)16-28-42)30-44(46)38-11-7-4-8-12-38/h3-32H,1-2H3. The molecule has 48 heavy (non-hydrogen) atoms. The summed E-state index contributed by atoms with van der Waals surface area (Å²) >= 11 is 0. The van der Waals surface area contributed by atoms with Crippen LogP contribution in [0, 0.1) is 13.8 Å². The minimum atomic E-state index is 1.16. The molecule has 2 nitrogen and oxygen atoms in total. The van der Waals surface area contributed by atoms with Crippen molar-refractivity contribution in [2.24, 2.45) is 0 Å². The Hall–Kier alpha value is -6.12. The van der Waals surface area contributed by atoms with Crippen molar-refractivity contribution >= 4 is 0 Å². The topological polar surface area (TPSA) is 9.86 Å². The van der Waals surface area contributed by atoms with Crippen LogP contribution in [0.5, 0.6) is 0 Å². The zero-order valence-corrected chi connectivity index (χ0v) is 27.2. The Morgan fingerprint density at radius 3 is 0.854 bits per heavy atom. The van der Waals surface area contributed by atoms with Gasteiger partial charge >= 0.3 is 0 Å². The monoisotopic (exact) mass is 616 g/mol. The van der Waals surface area contributed by atoms with Gasteiger partial charge in [0.1, 0.15) is 0 Å². The van der Waals surface area contributed by atoms with Crippen LogP contribution in [0.1, 0.15) is 11.1 Å². The third kappa shape index (κ3) is 5.81. The van der Waals surface area contributed by atoms with Crippen LogP contribution in [0.2, 0.25) is 0 Å². The highest BCUT2D eigenvalue weighted by Gasteiger charge is 2.15. The first kappa shape index (κ1) is 29.3. The van der Waals surface area contributed by atoms with Crippen molar-refractivity contribution < 1.29 is 0 Å². The number of benzene rings is 6. The Morgan fingerprint density at radius 2 is 0.542 bits per heavy atom. The fraction of sp³-hybridized carbons (Fsp3) is 0.0435. The van der Waals surface area contributed by atoms with Crippen molar-refractivity contribution in [2.75, 3.05) is 0 Å². The highest BCUT2D eigenvalue weighted by molar-refractivity contribution is 5.86. The fourth-order valence-corrected chi connectivity index (χ4v) is 6.48. The summed E-state index contributed by atoms with van der Waals surface area (Å²) in [5.74, 6) is 0. The summed E-state index contributed by atoms with van der Waals surface area (Å²) in [6.45, 7) is 4.25. The lowest BCUT2D eigenvalue weighted by Gasteiger charge is -2.08. The predicted octanol–water partition coefficient (Wildman–Crippen LogP) is 12.2. The molecule has 0 unspecified atom stereocenters. The van der Waals surface area contributed by atoms with E-state index in [2.05, 4.69) is 205 Å². The van der Waals surface area contributed by atoms with Crippen LogP contribution in [-0.2, 0) is 0 Å². The number of hydrogen-bond donors (Lipinski definition) is 0. The molecule has 2 heteroatoms. The van der Waals surface area contributed by atoms with Gasteiger partial charge in [-0.05, 0) is 71.5 Å². The summed E-state index contributed by atoms with van der Waals surface area (Å²) < 4.78 is 4.47. The number of aryl methyl sites for hydroxylation is 2. The molecule has 0 saturated heterocycles. The van der Waals surface area contributed by atoms with Gasteiger partial charge in [-0.3, -0.25) is 0 Å². The molecule has 230 valence electrons. The molecule has 2 aromatic heterocycles. The van der Waals surface area contributed by atoms with E-state index in [0.29, 0.717) is 0 Å². The van der Waals surface area contributed by atoms with E-state index in [1.807, 2.05) is 0 Å². The molecule has 0 aliphatic rings. The highest BCUT2D eigenvalue weighted by Crippen LogP contribution is 2.37. The van der Waals surface area contributed by atoms with E-state index in [9.17, 15) is 0 Å². The Kier molecular flexibility index (Phi) is 7.68. The molecule has 0 spiro atoms. The first-order chi connectivity index (χ1) is 23.6. The second-order valence-electron chi connectivity index (χ2n) is 12.5. The Labute approximate surface area is 282 Å². The Morgan fingerprint density at radius 1 is 0.271 bits per heavy atom. The molecule has 0 aliphatic carbocycles. The van der Waals surface area contributed by atoms with Crippen LogP contribution in [0.4, 0.5) is 0 Å². The highest BCUT2D eigenvalue weighted by atomic mass is 15.0. The molecule has 0 amide bonds. The number of hydrogen-bond acceptors (Lipinski definition) is 0. The van der Waals surface area contributed by atoms with Gasteiger partial charge in [0, 0.05) is 58.4 Å². The van der Waals surface area contributed by atoms with E-state index in [4.69, 9.17) is 0 Å². The van der Waals surface area contributed by atoms with E-state index < -0.39 is 0 Å². The maximum absolute atomic E-state index is 2.25.